The third-order valence-electron chi connectivity index (χ3n) is 2.74. The molecule has 0 fully saturated rings. The molecule has 3 N–H and O–H groups in total. The maximum absolute atomic E-state index is 12.0. The highest BCUT2D eigenvalue weighted by atomic mass is 16.1. The number of benzene rings is 1. The zero-order valence-corrected chi connectivity index (χ0v) is 9.81. The number of anilines is 2. The van der Waals surface area contributed by atoms with Gasteiger partial charge in [0, 0.05) is 16.9 Å². The molecule has 0 saturated heterocycles. The summed E-state index contributed by atoms with van der Waals surface area (Å²) in [7, 11) is 0. The van der Waals surface area contributed by atoms with Crippen molar-refractivity contribution in [2.75, 3.05) is 11.1 Å². The predicted molar refractivity (Wildman–Crippen MR) is 70.5 cm³/mol. The summed E-state index contributed by atoms with van der Waals surface area (Å²) >= 11 is 0. The molecule has 17 heavy (non-hydrogen) atoms. The van der Waals surface area contributed by atoms with Gasteiger partial charge in [-0.05, 0) is 36.6 Å². The Morgan fingerprint density at radius 1 is 1.35 bits per heavy atom. The van der Waals surface area contributed by atoms with Gasteiger partial charge in [0.25, 0.3) is 5.91 Å². The Morgan fingerprint density at radius 3 is 2.71 bits per heavy atom. The molecular weight excluding hydrogens is 212 g/mol. The zero-order valence-electron chi connectivity index (χ0n) is 9.81. The first-order valence-electron chi connectivity index (χ1n) is 5.69. The van der Waals surface area contributed by atoms with Crippen LogP contribution in [0.15, 0.2) is 48.1 Å². The van der Waals surface area contributed by atoms with Crippen molar-refractivity contribution in [2.24, 2.45) is 5.92 Å². The quantitative estimate of drug-likeness (QED) is 0.765. The van der Waals surface area contributed by atoms with Gasteiger partial charge >= 0.3 is 0 Å². The molecule has 0 heterocycles. The standard InChI is InChI=1S/C14H16N2O/c1-10-3-2-4-11(9-10)14(17)16-13-7-5-12(15)6-8-13/h2-8,10H,9,15H2,1H3,(H,16,17). The van der Waals surface area contributed by atoms with Crippen molar-refractivity contribution in [1.82, 2.24) is 0 Å². The number of nitrogens with two attached hydrogens (primary N) is 1. The van der Waals surface area contributed by atoms with Crippen LogP contribution in [0, 0.1) is 5.92 Å². The van der Waals surface area contributed by atoms with Crippen molar-refractivity contribution in [3.8, 4) is 0 Å². The van der Waals surface area contributed by atoms with Gasteiger partial charge in [-0.1, -0.05) is 25.2 Å². The molecule has 1 aromatic carbocycles. The molecule has 0 radical (unpaired) electrons. The van der Waals surface area contributed by atoms with Crippen molar-refractivity contribution in [3.05, 3.63) is 48.1 Å². The summed E-state index contributed by atoms with van der Waals surface area (Å²) in [5.41, 5.74) is 7.86. The lowest BCUT2D eigenvalue weighted by molar-refractivity contribution is -0.113. The van der Waals surface area contributed by atoms with Crippen LogP contribution >= 0.6 is 0 Å². The molecule has 0 spiro atoms. The summed E-state index contributed by atoms with van der Waals surface area (Å²) in [5.74, 6) is 0.387. The van der Waals surface area contributed by atoms with Crippen LogP contribution < -0.4 is 11.1 Å². The third kappa shape index (κ3) is 2.97. The first kappa shape index (κ1) is 11.5. The van der Waals surface area contributed by atoms with E-state index >= 15 is 0 Å². The number of carbonyl (C=O) groups excluding carboxylic acids is 1. The van der Waals surface area contributed by atoms with Crippen molar-refractivity contribution >= 4 is 17.3 Å². The summed E-state index contributed by atoms with van der Waals surface area (Å²) in [5, 5.41) is 2.86. The van der Waals surface area contributed by atoms with E-state index in [2.05, 4.69) is 18.3 Å². The first-order chi connectivity index (χ1) is 8.15. The monoisotopic (exact) mass is 228 g/mol. The highest BCUT2D eigenvalue weighted by molar-refractivity contribution is 6.04. The largest absolute Gasteiger partial charge is 0.399 e. The predicted octanol–water partition coefficient (Wildman–Crippen LogP) is 2.73. The highest BCUT2D eigenvalue weighted by Gasteiger charge is 2.14. The van der Waals surface area contributed by atoms with E-state index in [1.807, 2.05) is 12.2 Å². The number of carbonyl (C=O) groups is 1. The van der Waals surface area contributed by atoms with Crippen LogP contribution in [0.4, 0.5) is 11.4 Å². The van der Waals surface area contributed by atoms with Gasteiger partial charge in [0.15, 0.2) is 0 Å². The summed E-state index contributed by atoms with van der Waals surface area (Å²) in [6, 6.07) is 7.15. The van der Waals surface area contributed by atoms with E-state index < -0.39 is 0 Å². The number of allylic oxidation sites excluding steroid dienone is 3. The number of nitrogen functional groups attached to an aromatic ring is 1. The van der Waals surface area contributed by atoms with Gasteiger partial charge in [-0.3, -0.25) is 4.79 Å². The minimum absolute atomic E-state index is 0.0361. The second kappa shape index (κ2) is 4.87. The van der Waals surface area contributed by atoms with Crippen molar-refractivity contribution in [1.29, 1.82) is 0 Å². The van der Waals surface area contributed by atoms with Gasteiger partial charge in [0.1, 0.15) is 0 Å². The molecule has 3 nitrogen and oxygen atoms in total. The van der Waals surface area contributed by atoms with Gasteiger partial charge < -0.3 is 11.1 Å². The molecule has 1 amide bonds. The molecule has 1 atom stereocenters. The second-order valence-electron chi connectivity index (χ2n) is 4.33. The molecule has 1 aliphatic carbocycles. The van der Waals surface area contributed by atoms with Crippen LogP contribution in [-0.2, 0) is 4.79 Å². The minimum Gasteiger partial charge on any atom is -0.399 e. The number of hydrogen-bond acceptors (Lipinski definition) is 2. The fourth-order valence-corrected chi connectivity index (χ4v) is 1.79. The van der Waals surface area contributed by atoms with Crippen molar-refractivity contribution < 1.29 is 4.79 Å². The molecule has 0 aliphatic heterocycles. The average Bonchev–Trinajstić information content (AvgIpc) is 2.32. The van der Waals surface area contributed by atoms with Gasteiger partial charge in [0.05, 0.1) is 0 Å². The van der Waals surface area contributed by atoms with Gasteiger partial charge in [0.2, 0.25) is 0 Å². The highest BCUT2D eigenvalue weighted by Crippen LogP contribution is 2.20. The molecule has 88 valence electrons. The second-order valence-corrected chi connectivity index (χ2v) is 4.33. The molecule has 3 heteroatoms. The fourth-order valence-electron chi connectivity index (χ4n) is 1.79. The lowest BCUT2D eigenvalue weighted by atomic mass is 9.95. The normalized spacial score (nSPS) is 18.6. The number of amides is 1. The maximum atomic E-state index is 12.0. The SMILES string of the molecule is CC1C=CC=C(C(=O)Nc2ccc(N)cc2)C1. The lowest BCUT2D eigenvalue weighted by Gasteiger charge is -2.14. The van der Waals surface area contributed by atoms with E-state index in [0.29, 0.717) is 11.6 Å². The Bertz CT molecular complexity index is 472. The average molecular weight is 228 g/mol. The molecule has 2 rings (SSSR count). The maximum Gasteiger partial charge on any atom is 0.251 e. The molecule has 1 aliphatic rings. The molecule has 0 aromatic heterocycles. The van der Waals surface area contributed by atoms with E-state index in [1.165, 1.54) is 0 Å². The summed E-state index contributed by atoms with van der Waals surface area (Å²) in [6.07, 6.45) is 6.69. The van der Waals surface area contributed by atoms with Crippen LogP contribution in [-0.4, -0.2) is 5.91 Å². The van der Waals surface area contributed by atoms with E-state index in [0.717, 1.165) is 17.7 Å². The molecular formula is C14H16N2O. The van der Waals surface area contributed by atoms with Gasteiger partial charge in [-0.2, -0.15) is 0 Å². The molecule has 0 bridgehead atoms. The fraction of sp³-hybridized carbons (Fsp3) is 0.214. The summed E-state index contributed by atoms with van der Waals surface area (Å²) in [6.45, 7) is 2.10. The Kier molecular flexibility index (Phi) is 3.28. The first-order valence-corrected chi connectivity index (χ1v) is 5.69. The van der Waals surface area contributed by atoms with E-state index in [1.54, 1.807) is 24.3 Å². The molecule has 1 unspecified atom stereocenters. The van der Waals surface area contributed by atoms with E-state index in [4.69, 9.17) is 5.73 Å². The van der Waals surface area contributed by atoms with Crippen LogP contribution in [0.25, 0.3) is 0 Å². The number of hydrogen-bond donors (Lipinski definition) is 2. The van der Waals surface area contributed by atoms with Crippen LogP contribution in [0.3, 0.4) is 0 Å². The zero-order chi connectivity index (χ0) is 12.3. The summed E-state index contributed by atoms with van der Waals surface area (Å²) in [4.78, 5) is 12.0. The topological polar surface area (TPSA) is 55.1 Å². The molecule has 0 saturated carbocycles. The van der Waals surface area contributed by atoms with Crippen LogP contribution in [0.2, 0.25) is 0 Å². The van der Waals surface area contributed by atoms with Crippen molar-refractivity contribution in [3.63, 3.8) is 0 Å². The van der Waals surface area contributed by atoms with Crippen molar-refractivity contribution in [2.45, 2.75) is 13.3 Å². The van der Waals surface area contributed by atoms with Crippen LogP contribution in [0.1, 0.15) is 13.3 Å². The summed E-state index contributed by atoms with van der Waals surface area (Å²) < 4.78 is 0. The molecule has 1 aromatic rings. The van der Waals surface area contributed by atoms with Crippen LogP contribution in [0.5, 0.6) is 0 Å². The Morgan fingerprint density at radius 2 is 2.06 bits per heavy atom. The Labute approximate surface area is 101 Å². The van der Waals surface area contributed by atoms with Gasteiger partial charge in [-0.15, -0.1) is 0 Å². The number of nitrogens with one attached hydrogen (secondary N) is 1. The smallest absolute Gasteiger partial charge is 0.251 e. The Hall–Kier alpha value is -2.03. The van der Waals surface area contributed by atoms with E-state index in [-0.39, 0.29) is 5.91 Å². The van der Waals surface area contributed by atoms with E-state index in [9.17, 15) is 4.79 Å². The lowest BCUT2D eigenvalue weighted by Crippen LogP contribution is -2.17. The third-order valence-corrected chi connectivity index (χ3v) is 2.74. The number of rotatable bonds is 2. The van der Waals surface area contributed by atoms with Gasteiger partial charge in [-0.25, -0.2) is 0 Å². The minimum atomic E-state index is -0.0361. The Balaban J connectivity index is 2.04.